The lowest BCUT2D eigenvalue weighted by atomic mass is 9.92. The van der Waals surface area contributed by atoms with Crippen LogP contribution in [0.2, 0.25) is 0 Å². The summed E-state index contributed by atoms with van der Waals surface area (Å²) in [5, 5.41) is 3.09. The third-order valence-electron chi connectivity index (χ3n) is 4.19. The fourth-order valence-electron chi connectivity index (χ4n) is 2.93. The van der Waals surface area contributed by atoms with Gasteiger partial charge in [0.05, 0.1) is 4.90 Å². The van der Waals surface area contributed by atoms with Crippen LogP contribution in [0.5, 0.6) is 0 Å². The van der Waals surface area contributed by atoms with Crippen molar-refractivity contribution >= 4 is 10.0 Å². The predicted molar refractivity (Wildman–Crippen MR) is 85.8 cm³/mol. The molecular formula is C16H26N2O2S. The summed E-state index contributed by atoms with van der Waals surface area (Å²) in [4.78, 5) is 0.361. The number of likely N-dealkylation sites (N-methyl/N-ethyl adjacent to an activating group) is 1. The number of hydrogen-bond donors (Lipinski definition) is 2. The fourth-order valence-corrected chi connectivity index (χ4v) is 4.20. The molecule has 1 aromatic carbocycles. The highest BCUT2D eigenvalue weighted by molar-refractivity contribution is 7.89. The minimum atomic E-state index is -3.40. The van der Waals surface area contributed by atoms with E-state index in [1.165, 1.54) is 0 Å². The van der Waals surface area contributed by atoms with E-state index in [2.05, 4.69) is 23.9 Å². The second kappa shape index (κ2) is 6.46. The van der Waals surface area contributed by atoms with Gasteiger partial charge in [0.1, 0.15) is 0 Å². The Balaban J connectivity index is 2.02. The van der Waals surface area contributed by atoms with E-state index in [0.717, 1.165) is 37.8 Å². The van der Waals surface area contributed by atoms with E-state index < -0.39 is 10.0 Å². The van der Waals surface area contributed by atoms with Crippen LogP contribution in [-0.2, 0) is 16.4 Å². The molecule has 2 rings (SSSR count). The molecule has 0 saturated heterocycles. The Morgan fingerprint density at radius 3 is 2.43 bits per heavy atom. The van der Waals surface area contributed by atoms with Crippen LogP contribution in [0.4, 0.5) is 0 Å². The summed E-state index contributed by atoms with van der Waals surface area (Å²) in [5.74, 6) is 0. The zero-order valence-corrected chi connectivity index (χ0v) is 14.0. The van der Waals surface area contributed by atoms with Crippen molar-refractivity contribution in [2.75, 3.05) is 13.6 Å². The third kappa shape index (κ3) is 4.53. The SMILES string of the molecule is CNCCc1ccc(S(=O)(=O)NC2CCC(C)(C)C2)cc1. The summed E-state index contributed by atoms with van der Waals surface area (Å²) >= 11 is 0. The van der Waals surface area contributed by atoms with Crippen molar-refractivity contribution in [1.29, 1.82) is 0 Å². The number of hydrogen-bond acceptors (Lipinski definition) is 3. The Bertz CT molecular complexity index is 564. The molecule has 1 unspecified atom stereocenters. The summed E-state index contributed by atoms with van der Waals surface area (Å²) in [6.07, 6.45) is 3.81. The molecule has 1 aliphatic carbocycles. The van der Waals surface area contributed by atoms with Gasteiger partial charge < -0.3 is 5.32 Å². The normalized spacial score (nSPS) is 21.6. The Kier molecular flexibility index (Phi) is 5.07. The van der Waals surface area contributed by atoms with E-state index in [4.69, 9.17) is 0 Å². The fraction of sp³-hybridized carbons (Fsp3) is 0.625. The minimum Gasteiger partial charge on any atom is -0.319 e. The van der Waals surface area contributed by atoms with Gasteiger partial charge in [0.25, 0.3) is 0 Å². The molecular weight excluding hydrogens is 284 g/mol. The molecule has 0 amide bonds. The van der Waals surface area contributed by atoms with Gasteiger partial charge in [-0.05, 0) is 62.4 Å². The van der Waals surface area contributed by atoms with Crippen LogP contribution in [0.25, 0.3) is 0 Å². The second-order valence-electron chi connectivity index (χ2n) is 6.72. The van der Waals surface area contributed by atoms with Gasteiger partial charge in [0.15, 0.2) is 0 Å². The average Bonchev–Trinajstić information content (AvgIpc) is 2.75. The smallest absolute Gasteiger partial charge is 0.240 e. The minimum absolute atomic E-state index is 0.0639. The number of benzene rings is 1. The van der Waals surface area contributed by atoms with Crippen molar-refractivity contribution in [1.82, 2.24) is 10.0 Å². The Labute approximate surface area is 128 Å². The van der Waals surface area contributed by atoms with Crippen LogP contribution in [0.3, 0.4) is 0 Å². The molecule has 4 nitrogen and oxygen atoms in total. The lowest BCUT2D eigenvalue weighted by Gasteiger charge is -2.18. The molecule has 5 heteroatoms. The zero-order chi connectivity index (χ0) is 15.5. The molecule has 0 heterocycles. The first-order valence-corrected chi connectivity index (χ1v) is 9.07. The van der Waals surface area contributed by atoms with E-state index in [-0.39, 0.29) is 11.5 Å². The molecule has 118 valence electrons. The van der Waals surface area contributed by atoms with Crippen molar-refractivity contribution in [2.24, 2.45) is 5.41 Å². The topological polar surface area (TPSA) is 58.2 Å². The monoisotopic (exact) mass is 310 g/mol. The molecule has 1 atom stereocenters. The second-order valence-corrected chi connectivity index (χ2v) is 8.44. The van der Waals surface area contributed by atoms with Crippen LogP contribution in [-0.4, -0.2) is 28.1 Å². The molecule has 0 spiro atoms. The molecule has 2 N–H and O–H groups in total. The van der Waals surface area contributed by atoms with E-state index >= 15 is 0 Å². The van der Waals surface area contributed by atoms with Gasteiger partial charge >= 0.3 is 0 Å². The Hall–Kier alpha value is -0.910. The highest BCUT2D eigenvalue weighted by Crippen LogP contribution is 2.37. The summed E-state index contributed by atoms with van der Waals surface area (Å²) in [6.45, 7) is 5.28. The third-order valence-corrected chi connectivity index (χ3v) is 5.72. The van der Waals surface area contributed by atoms with Crippen LogP contribution in [0.1, 0.15) is 38.7 Å². The van der Waals surface area contributed by atoms with Crippen LogP contribution < -0.4 is 10.0 Å². The lowest BCUT2D eigenvalue weighted by Crippen LogP contribution is -2.33. The Morgan fingerprint density at radius 1 is 1.24 bits per heavy atom. The van der Waals surface area contributed by atoms with E-state index in [9.17, 15) is 8.42 Å². The molecule has 0 radical (unpaired) electrons. The quantitative estimate of drug-likeness (QED) is 0.847. The molecule has 0 aliphatic heterocycles. The van der Waals surface area contributed by atoms with Gasteiger partial charge in [-0.1, -0.05) is 26.0 Å². The molecule has 21 heavy (non-hydrogen) atoms. The van der Waals surface area contributed by atoms with Crippen molar-refractivity contribution in [2.45, 2.75) is 50.5 Å². The largest absolute Gasteiger partial charge is 0.319 e. The standard InChI is InChI=1S/C16H26N2O2S/c1-16(2)10-8-14(12-16)18-21(19,20)15-6-4-13(5-7-15)9-11-17-3/h4-7,14,17-18H,8-12H2,1-3H3. The molecule has 1 aromatic rings. The number of rotatable bonds is 6. The van der Waals surface area contributed by atoms with Gasteiger partial charge in [-0.3, -0.25) is 0 Å². The van der Waals surface area contributed by atoms with Gasteiger partial charge in [0, 0.05) is 6.04 Å². The van der Waals surface area contributed by atoms with Gasteiger partial charge in [0.2, 0.25) is 10.0 Å². The molecule has 1 saturated carbocycles. The first-order chi connectivity index (χ1) is 9.82. The maximum atomic E-state index is 12.4. The maximum Gasteiger partial charge on any atom is 0.240 e. The molecule has 1 fully saturated rings. The van der Waals surface area contributed by atoms with Crippen molar-refractivity contribution < 1.29 is 8.42 Å². The van der Waals surface area contributed by atoms with Crippen LogP contribution in [0.15, 0.2) is 29.2 Å². The summed E-state index contributed by atoms with van der Waals surface area (Å²) in [6, 6.07) is 7.25. The molecule has 0 aromatic heterocycles. The highest BCUT2D eigenvalue weighted by atomic mass is 32.2. The first kappa shape index (κ1) is 16.5. The van der Waals surface area contributed by atoms with Gasteiger partial charge in [-0.2, -0.15) is 0 Å². The zero-order valence-electron chi connectivity index (χ0n) is 13.1. The van der Waals surface area contributed by atoms with Crippen LogP contribution in [0, 0.1) is 5.41 Å². The molecule has 1 aliphatic rings. The van der Waals surface area contributed by atoms with Crippen LogP contribution >= 0.6 is 0 Å². The number of nitrogens with one attached hydrogen (secondary N) is 2. The first-order valence-electron chi connectivity index (χ1n) is 7.58. The Morgan fingerprint density at radius 2 is 1.90 bits per heavy atom. The van der Waals surface area contributed by atoms with Gasteiger partial charge in [-0.25, -0.2) is 13.1 Å². The predicted octanol–water partition coefficient (Wildman–Crippen LogP) is 2.31. The van der Waals surface area contributed by atoms with Crippen molar-refractivity contribution in [3.63, 3.8) is 0 Å². The van der Waals surface area contributed by atoms with Gasteiger partial charge in [-0.15, -0.1) is 0 Å². The van der Waals surface area contributed by atoms with E-state index in [0.29, 0.717) is 4.90 Å². The highest BCUT2D eigenvalue weighted by Gasteiger charge is 2.33. The van der Waals surface area contributed by atoms with E-state index in [1.54, 1.807) is 12.1 Å². The van der Waals surface area contributed by atoms with E-state index in [1.807, 2.05) is 19.2 Å². The lowest BCUT2D eigenvalue weighted by molar-refractivity contribution is 0.372. The molecule has 0 bridgehead atoms. The summed E-state index contributed by atoms with van der Waals surface area (Å²) in [7, 11) is -1.49. The van der Waals surface area contributed by atoms with Crippen molar-refractivity contribution in [3.8, 4) is 0 Å². The summed E-state index contributed by atoms with van der Waals surface area (Å²) in [5.41, 5.74) is 1.38. The maximum absolute atomic E-state index is 12.4. The van der Waals surface area contributed by atoms with Crippen molar-refractivity contribution in [3.05, 3.63) is 29.8 Å². The summed E-state index contributed by atoms with van der Waals surface area (Å²) < 4.78 is 27.7. The number of sulfonamides is 1. The average molecular weight is 310 g/mol.